The average molecular weight is 381 g/mol. The largest absolute Gasteiger partial charge is 0.423 e. The molecule has 3 rings (SSSR count). The molecule has 4 nitrogen and oxygen atoms in total. The van der Waals surface area contributed by atoms with Crippen molar-refractivity contribution in [1.82, 2.24) is 0 Å². The van der Waals surface area contributed by atoms with E-state index in [1.165, 1.54) is 12.1 Å². The molecule has 0 saturated heterocycles. The first-order chi connectivity index (χ1) is 12.9. The first-order valence-corrected chi connectivity index (χ1v) is 8.68. The molecular formula is C22H17ClO4. The summed E-state index contributed by atoms with van der Waals surface area (Å²) in [4.78, 5) is 25.1. The van der Waals surface area contributed by atoms with Gasteiger partial charge in [0.25, 0.3) is 0 Å². The van der Waals surface area contributed by atoms with E-state index in [9.17, 15) is 9.59 Å². The highest BCUT2D eigenvalue weighted by Gasteiger charge is 2.20. The molecule has 0 fully saturated rings. The predicted molar refractivity (Wildman–Crippen MR) is 104 cm³/mol. The summed E-state index contributed by atoms with van der Waals surface area (Å²) < 4.78 is 10.8. The summed E-state index contributed by atoms with van der Waals surface area (Å²) in [5.41, 5.74) is 2.01. The number of carbonyl (C=O) groups is 2. The zero-order valence-electron chi connectivity index (χ0n) is 14.9. The van der Waals surface area contributed by atoms with Crippen molar-refractivity contribution in [3.63, 3.8) is 0 Å². The van der Waals surface area contributed by atoms with E-state index in [2.05, 4.69) is 0 Å². The fraction of sp³-hybridized carbons (Fsp3) is 0.0909. The Labute approximate surface area is 162 Å². The third-order valence-electron chi connectivity index (χ3n) is 3.91. The fourth-order valence-electron chi connectivity index (χ4n) is 2.52. The van der Waals surface area contributed by atoms with Gasteiger partial charge in [0.1, 0.15) is 11.5 Å². The number of ether oxygens (including phenoxy) is 2. The highest BCUT2D eigenvalue weighted by molar-refractivity contribution is 6.31. The molecule has 27 heavy (non-hydrogen) atoms. The Bertz CT molecular complexity index is 1010. The van der Waals surface area contributed by atoms with E-state index in [-0.39, 0.29) is 11.1 Å². The van der Waals surface area contributed by atoms with E-state index in [1.807, 2.05) is 19.9 Å². The summed E-state index contributed by atoms with van der Waals surface area (Å²) in [6.45, 7) is 3.71. The monoisotopic (exact) mass is 380 g/mol. The lowest BCUT2D eigenvalue weighted by Crippen LogP contribution is -2.17. The van der Waals surface area contributed by atoms with Crippen LogP contribution in [0, 0.1) is 13.8 Å². The van der Waals surface area contributed by atoms with E-state index in [4.69, 9.17) is 21.1 Å². The van der Waals surface area contributed by atoms with E-state index < -0.39 is 11.9 Å². The van der Waals surface area contributed by atoms with E-state index in [1.54, 1.807) is 48.5 Å². The maximum absolute atomic E-state index is 12.6. The van der Waals surface area contributed by atoms with Gasteiger partial charge in [0, 0.05) is 5.02 Å². The molecule has 0 saturated carbocycles. The highest BCUT2D eigenvalue weighted by Crippen LogP contribution is 2.23. The Morgan fingerprint density at radius 1 is 0.741 bits per heavy atom. The lowest BCUT2D eigenvalue weighted by molar-refractivity contribution is 0.0692. The van der Waals surface area contributed by atoms with E-state index in [0.29, 0.717) is 16.5 Å². The molecule has 136 valence electrons. The van der Waals surface area contributed by atoms with Crippen LogP contribution in [0.5, 0.6) is 11.5 Å². The smallest absolute Gasteiger partial charge is 0.344 e. The number of carbonyl (C=O) groups excluding carboxylic acids is 2. The molecular weight excluding hydrogens is 364 g/mol. The van der Waals surface area contributed by atoms with Gasteiger partial charge in [-0.15, -0.1) is 0 Å². The Morgan fingerprint density at radius 2 is 1.33 bits per heavy atom. The first-order valence-electron chi connectivity index (χ1n) is 8.30. The first kappa shape index (κ1) is 18.7. The molecule has 0 aliphatic rings. The molecule has 0 N–H and O–H groups in total. The van der Waals surface area contributed by atoms with Gasteiger partial charge < -0.3 is 9.47 Å². The molecule has 3 aromatic carbocycles. The van der Waals surface area contributed by atoms with Gasteiger partial charge in [-0.3, -0.25) is 0 Å². The van der Waals surface area contributed by atoms with Crippen LogP contribution in [0.4, 0.5) is 0 Å². The van der Waals surface area contributed by atoms with Crippen molar-refractivity contribution >= 4 is 23.5 Å². The summed E-state index contributed by atoms with van der Waals surface area (Å²) >= 11 is 5.99. The molecule has 0 heterocycles. The van der Waals surface area contributed by atoms with Crippen LogP contribution in [0.1, 0.15) is 31.8 Å². The Kier molecular flexibility index (Phi) is 5.57. The Morgan fingerprint density at radius 3 is 1.89 bits per heavy atom. The number of benzene rings is 3. The molecule has 0 aliphatic carbocycles. The van der Waals surface area contributed by atoms with Crippen molar-refractivity contribution < 1.29 is 19.1 Å². The minimum Gasteiger partial charge on any atom is -0.423 e. The molecule has 0 unspecified atom stereocenters. The summed E-state index contributed by atoms with van der Waals surface area (Å²) in [7, 11) is 0. The molecule has 0 aliphatic heterocycles. The van der Waals surface area contributed by atoms with Crippen molar-refractivity contribution in [3.8, 4) is 11.5 Å². The summed E-state index contributed by atoms with van der Waals surface area (Å²) in [6, 6.07) is 18.4. The highest BCUT2D eigenvalue weighted by atomic mass is 35.5. The average Bonchev–Trinajstić information content (AvgIpc) is 2.64. The molecule has 5 heteroatoms. The van der Waals surface area contributed by atoms with Crippen LogP contribution in [0.25, 0.3) is 0 Å². The molecule has 0 spiro atoms. The minimum absolute atomic E-state index is 0.128. The van der Waals surface area contributed by atoms with Gasteiger partial charge in [-0.25, -0.2) is 9.59 Å². The van der Waals surface area contributed by atoms with Gasteiger partial charge >= 0.3 is 11.9 Å². The Hall–Kier alpha value is -3.11. The van der Waals surface area contributed by atoms with Crippen LogP contribution in [0.15, 0.2) is 66.7 Å². The second-order valence-corrected chi connectivity index (χ2v) is 6.46. The van der Waals surface area contributed by atoms with E-state index >= 15 is 0 Å². The van der Waals surface area contributed by atoms with Crippen LogP contribution in [-0.2, 0) is 0 Å². The van der Waals surface area contributed by atoms with Gasteiger partial charge in [-0.1, -0.05) is 35.9 Å². The number of hydrogen-bond donors (Lipinski definition) is 0. The fourth-order valence-corrected chi connectivity index (χ4v) is 2.64. The zero-order chi connectivity index (χ0) is 19.4. The van der Waals surface area contributed by atoms with E-state index in [0.717, 1.165) is 11.1 Å². The molecule has 0 bridgehead atoms. The Balaban J connectivity index is 1.83. The molecule has 0 radical (unpaired) electrons. The quantitative estimate of drug-likeness (QED) is 0.449. The third-order valence-corrected chi connectivity index (χ3v) is 4.33. The van der Waals surface area contributed by atoms with Gasteiger partial charge in [-0.05, 0) is 67.4 Å². The van der Waals surface area contributed by atoms with Crippen LogP contribution in [-0.4, -0.2) is 11.9 Å². The standard InChI is InChI=1S/C22H17ClO4/c1-14-6-5-7-16(12-14)26-21(24)18-8-3-4-9-19(18)22(25)27-17-10-11-20(23)15(2)13-17/h3-13H,1-2H3. The second kappa shape index (κ2) is 8.06. The number of esters is 2. The van der Waals surface area contributed by atoms with Crippen molar-refractivity contribution in [1.29, 1.82) is 0 Å². The van der Waals surface area contributed by atoms with Crippen molar-refractivity contribution in [2.75, 3.05) is 0 Å². The van der Waals surface area contributed by atoms with Crippen molar-refractivity contribution in [2.24, 2.45) is 0 Å². The van der Waals surface area contributed by atoms with Gasteiger partial charge in [0.05, 0.1) is 11.1 Å². The van der Waals surface area contributed by atoms with Gasteiger partial charge in [-0.2, -0.15) is 0 Å². The lowest BCUT2D eigenvalue weighted by atomic mass is 10.1. The lowest BCUT2D eigenvalue weighted by Gasteiger charge is -2.10. The van der Waals surface area contributed by atoms with Crippen LogP contribution in [0.2, 0.25) is 5.02 Å². The molecule has 0 aromatic heterocycles. The number of halogens is 1. The molecule has 3 aromatic rings. The molecule has 0 atom stereocenters. The summed E-state index contributed by atoms with van der Waals surface area (Å²) in [6.07, 6.45) is 0. The summed E-state index contributed by atoms with van der Waals surface area (Å²) in [5, 5.41) is 0.580. The van der Waals surface area contributed by atoms with Crippen LogP contribution < -0.4 is 9.47 Å². The zero-order valence-corrected chi connectivity index (χ0v) is 15.6. The van der Waals surface area contributed by atoms with Crippen molar-refractivity contribution in [3.05, 3.63) is 94.0 Å². The minimum atomic E-state index is -0.645. The normalized spacial score (nSPS) is 10.3. The topological polar surface area (TPSA) is 52.6 Å². The number of aryl methyl sites for hydroxylation is 2. The maximum atomic E-state index is 12.6. The molecule has 0 amide bonds. The maximum Gasteiger partial charge on any atom is 0.344 e. The van der Waals surface area contributed by atoms with Crippen LogP contribution >= 0.6 is 11.6 Å². The number of rotatable bonds is 4. The van der Waals surface area contributed by atoms with Gasteiger partial charge in [0.2, 0.25) is 0 Å². The van der Waals surface area contributed by atoms with Gasteiger partial charge in [0.15, 0.2) is 0 Å². The summed E-state index contributed by atoms with van der Waals surface area (Å²) in [5.74, 6) is -0.505. The number of hydrogen-bond acceptors (Lipinski definition) is 4. The third kappa shape index (κ3) is 4.54. The predicted octanol–water partition coefficient (Wildman–Crippen LogP) is 5.40. The van der Waals surface area contributed by atoms with Crippen molar-refractivity contribution in [2.45, 2.75) is 13.8 Å². The second-order valence-electron chi connectivity index (χ2n) is 6.05. The SMILES string of the molecule is Cc1cccc(OC(=O)c2ccccc2C(=O)Oc2ccc(Cl)c(C)c2)c1. The van der Waals surface area contributed by atoms with Crippen LogP contribution in [0.3, 0.4) is 0 Å².